The maximum absolute atomic E-state index is 15.3. The third-order valence-corrected chi connectivity index (χ3v) is 10.3. The van der Waals surface area contributed by atoms with Gasteiger partial charge in [-0.05, 0) is 139 Å². The summed E-state index contributed by atoms with van der Waals surface area (Å²) in [4.78, 5) is 11.3. The number of hydrogen-bond acceptors (Lipinski definition) is 3. The molecule has 3 aromatic rings. The van der Waals surface area contributed by atoms with Crippen molar-refractivity contribution < 1.29 is 23.8 Å². The average molecular weight is 541 g/mol. The summed E-state index contributed by atoms with van der Waals surface area (Å²) in [5.74, 6) is 2.85. The van der Waals surface area contributed by atoms with Gasteiger partial charge in [-0.1, -0.05) is 24.3 Å². The van der Waals surface area contributed by atoms with Crippen LogP contribution in [0.5, 0.6) is 11.5 Å². The van der Waals surface area contributed by atoms with Crippen LogP contribution in [0.2, 0.25) is 0 Å². The normalized spacial score (nSPS) is 27.9. The van der Waals surface area contributed by atoms with Gasteiger partial charge in [-0.3, -0.25) is 4.79 Å². The molecule has 5 aliphatic carbocycles. The fourth-order valence-corrected chi connectivity index (χ4v) is 8.98. The van der Waals surface area contributed by atoms with Crippen LogP contribution >= 0.6 is 0 Å². The summed E-state index contributed by atoms with van der Waals surface area (Å²) in [7, 11) is 1.63. The molecule has 1 atom stereocenters. The summed E-state index contributed by atoms with van der Waals surface area (Å²) in [6, 6.07) is 17.6. The van der Waals surface area contributed by atoms with Crippen molar-refractivity contribution in [1.82, 2.24) is 0 Å². The highest BCUT2D eigenvalue weighted by Gasteiger charge is 2.52. The molecule has 4 fully saturated rings. The molecule has 4 nitrogen and oxygen atoms in total. The van der Waals surface area contributed by atoms with Gasteiger partial charge in [-0.15, -0.1) is 0 Å². The van der Waals surface area contributed by atoms with E-state index in [1.807, 2.05) is 18.2 Å². The van der Waals surface area contributed by atoms with Crippen molar-refractivity contribution in [2.45, 2.75) is 75.7 Å². The zero-order valence-electron chi connectivity index (χ0n) is 23.1. The van der Waals surface area contributed by atoms with Crippen LogP contribution in [0.25, 0.3) is 11.1 Å². The number of ether oxygens (including phenoxy) is 2. The summed E-state index contributed by atoms with van der Waals surface area (Å²) < 4.78 is 27.1. The first kappa shape index (κ1) is 25.6. The lowest BCUT2D eigenvalue weighted by Gasteiger charge is -2.57. The maximum atomic E-state index is 15.3. The van der Waals surface area contributed by atoms with Gasteiger partial charge in [0.1, 0.15) is 23.9 Å². The Bertz CT molecular complexity index is 1420. The second-order valence-corrected chi connectivity index (χ2v) is 12.9. The molecule has 0 spiro atoms. The van der Waals surface area contributed by atoms with E-state index in [9.17, 15) is 9.90 Å². The number of carbonyl (C=O) groups is 1. The number of carboxylic acids is 1. The van der Waals surface area contributed by atoms with Gasteiger partial charge in [0, 0.05) is 5.56 Å². The monoisotopic (exact) mass is 540 g/mol. The van der Waals surface area contributed by atoms with Crippen LogP contribution in [0.4, 0.5) is 4.39 Å². The molecule has 4 bridgehead atoms. The van der Waals surface area contributed by atoms with Crippen LogP contribution in [-0.4, -0.2) is 18.2 Å². The molecular formula is C35H37FO4. The minimum Gasteiger partial charge on any atom is -0.497 e. The van der Waals surface area contributed by atoms with E-state index in [4.69, 9.17) is 9.47 Å². The number of fused-ring (bicyclic) bond motifs is 1. The number of rotatable bonds is 8. The summed E-state index contributed by atoms with van der Waals surface area (Å²) in [5.41, 5.74) is 6.38. The highest BCUT2D eigenvalue weighted by Crippen LogP contribution is 2.62. The molecule has 5 aliphatic rings. The number of aryl methyl sites for hydroxylation is 1. The summed E-state index contributed by atoms with van der Waals surface area (Å²) in [5, 5.41) is 9.32. The number of hydrogen-bond donors (Lipinski definition) is 1. The lowest BCUT2D eigenvalue weighted by molar-refractivity contribution is -0.137. The summed E-state index contributed by atoms with van der Waals surface area (Å²) in [6.07, 6.45) is 9.59. The minimum absolute atomic E-state index is 0.0516. The topological polar surface area (TPSA) is 55.8 Å². The second-order valence-electron chi connectivity index (χ2n) is 12.9. The smallest absolute Gasteiger partial charge is 0.303 e. The van der Waals surface area contributed by atoms with Crippen molar-refractivity contribution in [3.63, 3.8) is 0 Å². The van der Waals surface area contributed by atoms with E-state index < -0.39 is 5.97 Å². The first-order valence-corrected chi connectivity index (χ1v) is 14.8. The van der Waals surface area contributed by atoms with E-state index in [2.05, 4.69) is 24.3 Å². The van der Waals surface area contributed by atoms with Crippen molar-refractivity contribution in [3.05, 3.63) is 82.7 Å². The first-order chi connectivity index (χ1) is 19.4. The SMILES string of the molecule is COc1ccc(F)c(-c2ccc(COc3ccc4c(c3)[C@@H](CC(=O)O)CC4)cc2C23CC4CC(CC(C4)C2)C3)c1. The van der Waals surface area contributed by atoms with Gasteiger partial charge in [-0.2, -0.15) is 0 Å². The largest absolute Gasteiger partial charge is 0.497 e. The molecule has 40 heavy (non-hydrogen) atoms. The molecular weight excluding hydrogens is 503 g/mol. The number of benzene rings is 3. The molecule has 8 rings (SSSR count). The van der Waals surface area contributed by atoms with Crippen LogP contribution < -0.4 is 9.47 Å². The summed E-state index contributed by atoms with van der Waals surface area (Å²) >= 11 is 0. The average Bonchev–Trinajstić information content (AvgIpc) is 3.32. The van der Waals surface area contributed by atoms with Crippen molar-refractivity contribution in [1.29, 1.82) is 0 Å². The third-order valence-electron chi connectivity index (χ3n) is 10.3. The van der Waals surface area contributed by atoms with Gasteiger partial charge in [-0.25, -0.2) is 4.39 Å². The van der Waals surface area contributed by atoms with Crippen LogP contribution in [0.3, 0.4) is 0 Å². The predicted octanol–water partition coefficient (Wildman–Crippen LogP) is 8.05. The Morgan fingerprint density at radius 3 is 2.35 bits per heavy atom. The van der Waals surface area contributed by atoms with E-state index in [0.29, 0.717) is 17.9 Å². The second kappa shape index (κ2) is 9.94. The fourth-order valence-electron chi connectivity index (χ4n) is 8.98. The van der Waals surface area contributed by atoms with E-state index in [1.165, 1.54) is 55.7 Å². The molecule has 0 aliphatic heterocycles. The third kappa shape index (κ3) is 4.57. The maximum Gasteiger partial charge on any atom is 0.303 e. The zero-order valence-corrected chi connectivity index (χ0v) is 23.1. The molecule has 208 valence electrons. The molecule has 4 saturated carbocycles. The van der Waals surface area contributed by atoms with E-state index >= 15 is 4.39 Å². The van der Waals surface area contributed by atoms with Crippen molar-refractivity contribution >= 4 is 5.97 Å². The Kier molecular flexibility index (Phi) is 6.36. The van der Waals surface area contributed by atoms with Gasteiger partial charge in [0.2, 0.25) is 0 Å². The van der Waals surface area contributed by atoms with E-state index in [1.54, 1.807) is 13.2 Å². The summed E-state index contributed by atoms with van der Waals surface area (Å²) in [6.45, 7) is 0.419. The van der Waals surface area contributed by atoms with Gasteiger partial charge >= 0.3 is 5.97 Å². The van der Waals surface area contributed by atoms with Crippen LogP contribution in [0, 0.1) is 23.6 Å². The number of carboxylic acid groups (broad SMARTS) is 1. The van der Waals surface area contributed by atoms with Crippen molar-refractivity contribution in [2.75, 3.05) is 7.11 Å². The van der Waals surface area contributed by atoms with Crippen molar-refractivity contribution in [2.24, 2.45) is 17.8 Å². The lowest BCUT2D eigenvalue weighted by Crippen LogP contribution is -2.48. The highest BCUT2D eigenvalue weighted by atomic mass is 19.1. The molecule has 0 unspecified atom stereocenters. The molecule has 0 radical (unpaired) electrons. The number of halogens is 1. The lowest BCUT2D eigenvalue weighted by atomic mass is 9.47. The molecule has 0 aromatic heterocycles. The predicted molar refractivity (Wildman–Crippen MR) is 152 cm³/mol. The Morgan fingerprint density at radius 2 is 1.65 bits per heavy atom. The van der Waals surface area contributed by atoms with Gasteiger partial charge in [0.25, 0.3) is 0 Å². The van der Waals surface area contributed by atoms with Gasteiger partial charge in [0.05, 0.1) is 13.5 Å². The van der Waals surface area contributed by atoms with Crippen LogP contribution in [-0.2, 0) is 23.2 Å². The molecule has 0 heterocycles. The first-order valence-electron chi connectivity index (χ1n) is 14.8. The van der Waals surface area contributed by atoms with Crippen LogP contribution in [0.15, 0.2) is 54.6 Å². The van der Waals surface area contributed by atoms with Gasteiger partial charge in [0.15, 0.2) is 0 Å². The highest BCUT2D eigenvalue weighted by molar-refractivity contribution is 5.72. The number of aliphatic carboxylic acids is 1. The Labute approximate surface area is 235 Å². The fraction of sp³-hybridized carbons (Fsp3) is 0.457. The Morgan fingerprint density at radius 1 is 0.925 bits per heavy atom. The molecule has 3 aromatic carbocycles. The Balaban J connectivity index is 1.22. The Hall–Kier alpha value is -3.34. The molecule has 0 saturated heterocycles. The zero-order chi connectivity index (χ0) is 27.4. The van der Waals surface area contributed by atoms with Crippen LogP contribution in [0.1, 0.15) is 79.5 Å². The molecule has 1 N–H and O–H groups in total. The van der Waals surface area contributed by atoms with Gasteiger partial charge < -0.3 is 14.6 Å². The quantitative estimate of drug-likeness (QED) is 0.314. The number of methoxy groups -OCH3 is 1. The minimum atomic E-state index is -0.756. The standard InChI is InChI=1S/C35H37FO4/c1-39-27-7-9-33(36)31(15-27)29-8-2-21(13-32(29)35-17-22-10-23(18-35)12-24(11-22)19-35)20-40-28-6-5-25-3-4-26(14-34(37)38)30(25)16-28/h2,5-9,13,15-16,22-24,26H,3-4,10-12,14,17-20H2,1H3,(H,37,38)/t22?,23?,24?,26-,35?/m1/s1. The van der Waals surface area contributed by atoms with E-state index in [0.717, 1.165) is 53.0 Å². The molecule has 5 heteroatoms. The van der Waals surface area contributed by atoms with E-state index in [-0.39, 0.29) is 23.6 Å². The van der Waals surface area contributed by atoms with Crippen molar-refractivity contribution in [3.8, 4) is 22.6 Å². The molecule has 0 amide bonds.